The molecule has 0 saturated heterocycles. The minimum Gasteiger partial charge on any atom is -0.345 e. The number of aryl methyl sites for hydroxylation is 1. The summed E-state index contributed by atoms with van der Waals surface area (Å²) in [4.78, 5) is 40.3. The Morgan fingerprint density at radius 3 is 2.70 bits per heavy atom. The number of fused-ring (bicyclic) bond motifs is 1. The third-order valence-electron chi connectivity index (χ3n) is 3.94. The molecule has 2 N–H and O–H groups in total. The Hall–Kier alpha value is -3.00. The van der Waals surface area contributed by atoms with Gasteiger partial charge >= 0.3 is 0 Å². The van der Waals surface area contributed by atoms with Crippen LogP contribution in [-0.2, 0) is 16.1 Å². The molecule has 0 radical (unpaired) electrons. The maximum atomic E-state index is 12.2. The molecular formula is C19H17BrN4O3. The highest BCUT2D eigenvalue weighted by atomic mass is 79.9. The number of rotatable bonds is 5. The fourth-order valence-electron chi connectivity index (χ4n) is 2.58. The zero-order valence-electron chi connectivity index (χ0n) is 14.5. The number of nitrogens with zero attached hydrogens (tertiary/aromatic N) is 2. The lowest BCUT2D eigenvalue weighted by Gasteiger charge is -2.11. The van der Waals surface area contributed by atoms with E-state index in [1.165, 1.54) is 10.8 Å². The Balaban J connectivity index is 1.61. The van der Waals surface area contributed by atoms with E-state index >= 15 is 0 Å². The van der Waals surface area contributed by atoms with Gasteiger partial charge in [-0.1, -0.05) is 28.1 Å². The van der Waals surface area contributed by atoms with Crippen molar-refractivity contribution in [2.45, 2.75) is 13.5 Å². The summed E-state index contributed by atoms with van der Waals surface area (Å²) < 4.78 is 2.28. The number of anilines is 1. The second kappa shape index (κ2) is 8.13. The molecule has 0 atom stereocenters. The molecule has 0 bridgehead atoms. The van der Waals surface area contributed by atoms with E-state index in [0.29, 0.717) is 16.7 Å². The number of carbonyl (C=O) groups excluding carboxylic acids is 2. The lowest BCUT2D eigenvalue weighted by Crippen LogP contribution is -2.37. The van der Waals surface area contributed by atoms with Crippen LogP contribution in [0.5, 0.6) is 0 Å². The molecule has 3 aromatic rings. The Morgan fingerprint density at radius 1 is 1.15 bits per heavy atom. The molecular weight excluding hydrogens is 412 g/mol. The molecule has 0 unspecified atom stereocenters. The Bertz CT molecular complexity index is 1080. The minimum absolute atomic E-state index is 0.188. The first-order valence-corrected chi connectivity index (χ1v) is 9.00. The first kappa shape index (κ1) is 18.8. The Morgan fingerprint density at radius 2 is 1.93 bits per heavy atom. The standard InChI is InChI=1S/C19H17BrN4O3/c1-12-8-13(6-7-14(12)20)23-17(25)9-22-18(26)11-24-16-5-3-2-4-15(16)21-10-19(24)27/h2-8,10H,9,11H2,1H3,(H,22,26)(H,23,25). The summed E-state index contributed by atoms with van der Waals surface area (Å²) in [5, 5.41) is 5.25. The number of benzene rings is 2. The highest BCUT2D eigenvalue weighted by Gasteiger charge is 2.10. The SMILES string of the molecule is Cc1cc(NC(=O)CNC(=O)Cn2c(=O)cnc3ccccc32)ccc1Br. The van der Waals surface area contributed by atoms with Crippen molar-refractivity contribution < 1.29 is 9.59 Å². The topological polar surface area (TPSA) is 93.1 Å². The van der Waals surface area contributed by atoms with Crippen molar-refractivity contribution >= 4 is 44.5 Å². The highest BCUT2D eigenvalue weighted by molar-refractivity contribution is 9.10. The minimum atomic E-state index is -0.435. The van der Waals surface area contributed by atoms with Gasteiger partial charge in [-0.25, -0.2) is 4.98 Å². The molecule has 138 valence electrons. The van der Waals surface area contributed by atoms with Gasteiger partial charge in [-0.15, -0.1) is 0 Å². The molecule has 0 saturated carbocycles. The van der Waals surface area contributed by atoms with Crippen LogP contribution in [0.3, 0.4) is 0 Å². The predicted octanol–water partition coefficient (Wildman–Crippen LogP) is 2.22. The van der Waals surface area contributed by atoms with Gasteiger partial charge in [0.25, 0.3) is 5.56 Å². The number of aromatic nitrogens is 2. The molecule has 0 aliphatic carbocycles. The highest BCUT2D eigenvalue weighted by Crippen LogP contribution is 2.19. The molecule has 2 amide bonds. The van der Waals surface area contributed by atoms with Crippen molar-refractivity contribution in [2.75, 3.05) is 11.9 Å². The number of amides is 2. The Labute approximate surface area is 163 Å². The molecule has 1 aromatic heterocycles. The monoisotopic (exact) mass is 428 g/mol. The quantitative estimate of drug-likeness (QED) is 0.651. The zero-order chi connectivity index (χ0) is 19.4. The van der Waals surface area contributed by atoms with Gasteiger partial charge in [0.1, 0.15) is 6.54 Å². The van der Waals surface area contributed by atoms with Gasteiger partial charge in [-0.05, 0) is 42.8 Å². The van der Waals surface area contributed by atoms with Crippen LogP contribution in [0.25, 0.3) is 11.0 Å². The van der Waals surface area contributed by atoms with Crippen molar-refractivity contribution in [3.8, 4) is 0 Å². The van der Waals surface area contributed by atoms with Crippen molar-refractivity contribution in [1.29, 1.82) is 0 Å². The van der Waals surface area contributed by atoms with E-state index in [9.17, 15) is 14.4 Å². The summed E-state index contributed by atoms with van der Waals surface area (Å²) in [6, 6.07) is 12.5. The second-order valence-electron chi connectivity index (χ2n) is 5.96. The molecule has 7 nitrogen and oxygen atoms in total. The van der Waals surface area contributed by atoms with Crippen molar-refractivity contribution in [1.82, 2.24) is 14.9 Å². The number of carbonyl (C=O) groups is 2. The van der Waals surface area contributed by atoms with E-state index in [1.54, 1.807) is 30.3 Å². The first-order chi connectivity index (χ1) is 12.9. The second-order valence-corrected chi connectivity index (χ2v) is 6.81. The lowest BCUT2D eigenvalue weighted by molar-refractivity contribution is -0.124. The smallest absolute Gasteiger partial charge is 0.269 e. The van der Waals surface area contributed by atoms with E-state index in [-0.39, 0.29) is 24.6 Å². The van der Waals surface area contributed by atoms with Crippen LogP contribution in [0.1, 0.15) is 5.56 Å². The largest absolute Gasteiger partial charge is 0.345 e. The summed E-state index contributed by atoms with van der Waals surface area (Å²) >= 11 is 3.40. The molecule has 0 aliphatic heterocycles. The van der Waals surface area contributed by atoms with Crippen molar-refractivity contribution in [3.63, 3.8) is 0 Å². The van der Waals surface area contributed by atoms with Crippen LogP contribution < -0.4 is 16.2 Å². The van der Waals surface area contributed by atoms with Gasteiger partial charge in [0, 0.05) is 10.2 Å². The first-order valence-electron chi connectivity index (χ1n) is 8.21. The molecule has 27 heavy (non-hydrogen) atoms. The van der Waals surface area contributed by atoms with Crippen LogP contribution in [0, 0.1) is 6.92 Å². The molecule has 0 aliphatic rings. The molecule has 3 rings (SSSR count). The predicted molar refractivity (Wildman–Crippen MR) is 107 cm³/mol. The van der Waals surface area contributed by atoms with Crippen LogP contribution >= 0.6 is 15.9 Å². The van der Waals surface area contributed by atoms with Crippen molar-refractivity contribution in [3.05, 3.63) is 69.1 Å². The third-order valence-corrected chi connectivity index (χ3v) is 4.83. The fourth-order valence-corrected chi connectivity index (χ4v) is 2.83. The number of hydrogen-bond donors (Lipinski definition) is 2. The van der Waals surface area contributed by atoms with Gasteiger partial charge in [0.05, 0.1) is 23.8 Å². The van der Waals surface area contributed by atoms with Crippen LogP contribution in [0.4, 0.5) is 5.69 Å². The van der Waals surface area contributed by atoms with Crippen LogP contribution in [-0.4, -0.2) is 27.9 Å². The average molecular weight is 429 g/mol. The maximum absolute atomic E-state index is 12.2. The molecule has 1 heterocycles. The number of para-hydroxylation sites is 2. The molecule has 0 spiro atoms. The number of hydrogen-bond acceptors (Lipinski definition) is 4. The fraction of sp³-hybridized carbons (Fsp3) is 0.158. The van der Waals surface area contributed by atoms with E-state index in [2.05, 4.69) is 31.5 Å². The van der Waals surface area contributed by atoms with E-state index in [4.69, 9.17) is 0 Å². The van der Waals surface area contributed by atoms with E-state index < -0.39 is 5.91 Å². The summed E-state index contributed by atoms with van der Waals surface area (Å²) in [5.74, 6) is -0.785. The summed E-state index contributed by atoms with van der Waals surface area (Å²) in [6.45, 7) is 1.54. The number of nitrogens with one attached hydrogen (secondary N) is 2. The summed E-state index contributed by atoms with van der Waals surface area (Å²) in [7, 11) is 0. The molecule has 2 aromatic carbocycles. The lowest BCUT2D eigenvalue weighted by atomic mass is 10.2. The van der Waals surface area contributed by atoms with Crippen LogP contribution in [0.15, 0.2) is 57.9 Å². The molecule has 8 heteroatoms. The maximum Gasteiger partial charge on any atom is 0.269 e. The zero-order valence-corrected chi connectivity index (χ0v) is 16.1. The van der Waals surface area contributed by atoms with Gasteiger partial charge in [-0.3, -0.25) is 19.0 Å². The summed E-state index contributed by atoms with van der Waals surface area (Å²) in [6.07, 6.45) is 1.18. The van der Waals surface area contributed by atoms with Gasteiger partial charge < -0.3 is 10.6 Å². The normalized spacial score (nSPS) is 10.6. The van der Waals surface area contributed by atoms with E-state index in [1.807, 2.05) is 19.1 Å². The van der Waals surface area contributed by atoms with Gasteiger partial charge in [0.2, 0.25) is 11.8 Å². The van der Waals surface area contributed by atoms with Crippen LogP contribution in [0.2, 0.25) is 0 Å². The average Bonchev–Trinajstić information content (AvgIpc) is 2.65. The number of halogens is 1. The third kappa shape index (κ3) is 4.59. The van der Waals surface area contributed by atoms with E-state index in [0.717, 1.165) is 10.0 Å². The van der Waals surface area contributed by atoms with Gasteiger partial charge in [-0.2, -0.15) is 0 Å². The van der Waals surface area contributed by atoms with Crippen molar-refractivity contribution in [2.24, 2.45) is 0 Å². The Kier molecular flexibility index (Phi) is 5.66. The summed E-state index contributed by atoms with van der Waals surface area (Å²) in [5.41, 5.74) is 2.44. The van der Waals surface area contributed by atoms with Gasteiger partial charge in [0.15, 0.2) is 0 Å². The molecule has 0 fully saturated rings.